The number of amides is 1. The van der Waals surface area contributed by atoms with Gasteiger partial charge in [0, 0.05) is 24.3 Å². The molecule has 6 nitrogen and oxygen atoms in total. The number of aryl methyl sites for hydroxylation is 1. The molecular formula is C16H15N5OS. The summed E-state index contributed by atoms with van der Waals surface area (Å²) in [6, 6.07) is 9.29. The third kappa shape index (κ3) is 4.40. The Balaban J connectivity index is 1.64. The van der Waals surface area contributed by atoms with Crippen molar-refractivity contribution in [2.75, 3.05) is 5.32 Å². The second-order valence-electron chi connectivity index (χ2n) is 4.92. The van der Waals surface area contributed by atoms with Gasteiger partial charge in [-0.05, 0) is 36.8 Å². The Morgan fingerprint density at radius 2 is 2.09 bits per heavy atom. The van der Waals surface area contributed by atoms with E-state index in [-0.39, 0.29) is 12.5 Å². The smallest absolute Gasteiger partial charge is 0.246 e. The molecular weight excluding hydrogens is 310 g/mol. The number of rotatable bonds is 5. The first kappa shape index (κ1) is 15.2. The Kier molecular flexibility index (Phi) is 4.68. The van der Waals surface area contributed by atoms with Gasteiger partial charge >= 0.3 is 0 Å². The van der Waals surface area contributed by atoms with Gasteiger partial charge in [-0.3, -0.25) is 9.48 Å². The Morgan fingerprint density at radius 3 is 2.83 bits per heavy atom. The summed E-state index contributed by atoms with van der Waals surface area (Å²) >= 11 is 1.45. The molecule has 0 aliphatic heterocycles. The van der Waals surface area contributed by atoms with Gasteiger partial charge in [0.25, 0.3) is 0 Å². The largest absolute Gasteiger partial charge is 0.324 e. The quantitative estimate of drug-likeness (QED) is 0.781. The van der Waals surface area contributed by atoms with E-state index in [0.717, 1.165) is 15.6 Å². The summed E-state index contributed by atoms with van der Waals surface area (Å²) in [5.41, 5.74) is 1.73. The fourth-order valence-electron chi connectivity index (χ4n) is 1.96. The highest BCUT2D eigenvalue weighted by Crippen LogP contribution is 2.25. The zero-order valence-electron chi connectivity index (χ0n) is 12.5. The van der Waals surface area contributed by atoms with Crippen LogP contribution in [0.25, 0.3) is 0 Å². The van der Waals surface area contributed by atoms with Crippen LogP contribution in [0.3, 0.4) is 0 Å². The molecule has 0 spiro atoms. The minimum absolute atomic E-state index is 0.131. The Labute approximate surface area is 138 Å². The normalized spacial score (nSPS) is 10.5. The molecule has 0 saturated heterocycles. The average Bonchev–Trinajstić information content (AvgIpc) is 2.93. The number of carbonyl (C=O) groups excluding carboxylic acids is 1. The maximum atomic E-state index is 12.0. The molecule has 0 aliphatic carbocycles. The zero-order valence-corrected chi connectivity index (χ0v) is 13.3. The van der Waals surface area contributed by atoms with Crippen LogP contribution in [0.2, 0.25) is 0 Å². The van der Waals surface area contributed by atoms with Gasteiger partial charge in [-0.25, -0.2) is 9.97 Å². The van der Waals surface area contributed by atoms with E-state index in [1.807, 2.05) is 37.4 Å². The van der Waals surface area contributed by atoms with Crippen LogP contribution in [0, 0.1) is 6.92 Å². The van der Waals surface area contributed by atoms with Crippen LogP contribution in [-0.4, -0.2) is 25.7 Å². The summed E-state index contributed by atoms with van der Waals surface area (Å²) in [5, 5.41) is 8.59. The van der Waals surface area contributed by atoms with Crippen molar-refractivity contribution in [2.45, 2.75) is 23.5 Å². The van der Waals surface area contributed by atoms with E-state index in [4.69, 9.17) is 0 Å². The van der Waals surface area contributed by atoms with Crippen molar-refractivity contribution in [3.8, 4) is 0 Å². The second-order valence-corrected chi connectivity index (χ2v) is 5.96. The number of carbonyl (C=O) groups is 1. The lowest BCUT2D eigenvalue weighted by molar-refractivity contribution is -0.116. The maximum absolute atomic E-state index is 12.0. The second kappa shape index (κ2) is 7.06. The number of nitrogens with zero attached hydrogens (tertiary/aromatic N) is 4. The highest BCUT2D eigenvalue weighted by atomic mass is 32.2. The van der Waals surface area contributed by atoms with Gasteiger partial charge in [-0.2, -0.15) is 5.10 Å². The molecule has 1 amide bonds. The lowest BCUT2D eigenvalue weighted by Crippen LogP contribution is -2.19. The number of aromatic nitrogens is 4. The van der Waals surface area contributed by atoms with Gasteiger partial charge < -0.3 is 5.32 Å². The summed E-state index contributed by atoms with van der Waals surface area (Å²) in [5.74, 6) is -0.131. The molecule has 7 heteroatoms. The summed E-state index contributed by atoms with van der Waals surface area (Å²) in [6.07, 6.45) is 6.95. The summed E-state index contributed by atoms with van der Waals surface area (Å²) in [4.78, 5) is 20.6. The minimum Gasteiger partial charge on any atom is -0.324 e. The molecule has 3 rings (SSSR count). The Bertz CT molecular complexity index is 803. The average molecular weight is 325 g/mol. The fourth-order valence-corrected chi connectivity index (χ4v) is 2.73. The van der Waals surface area contributed by atoms with Crippen molar-refractivity contribution in [1.82, 2.24) is 19.7 Å². The molecule has 0 radical (unpaired) electrons. The van der Waals surface area contributed by atoms with Gasteiger partial charge in [0.2, 0.25) is 5.91 Å². The molecule has 1 N–H and O–H groups in total. The van der Waals surface area contributed by atoms with Crippen LogP contribution in [0.4, 0.5) is 5.69 Å². The zero-order chi connectivity index (χ0) is 16.1. The van der Waals surface area contributed by atoms with Crippen molar-refractivity contribution in [3.63, 3.8) is 0 Å². The van der Waals surface area contributed by atoms with E-state index >= 15 is 0 Å². The number of anilines is 1. The van der Waals surface area contributed by atoms with Crippen molar-refractivity contribution >= 4 is 23.4 Å². The molecule has 0 bridgehead atoms. The summed E-state index contributed by atoms with van der Waals surface area (Å²) < 4.78 is 1.61. The molecule has 116 valence electrons. The van der Waals surface area contributed by atoms with Gasteiger partial charge in [-0.15, -0.1) is 0 Å². The highest BCUT2D eigenvalue weighted by Gasteiger charge is 2.06. The Morgan fingerprint density at radius 1 is 1.22 bits per heavy atom. The van der Waals surface area contributed by atoms with E-state index in [1.165, 1.54) is 11.8 Å². The highest BCUT2D eigenvalue weighted by molar-refractivity contribution is 7.99. The standard InChI is InChI=1S/C16H15N5OS/c1-12-9-19-21(10-12)11-14(22)20-13-5-7-18-16(8-13)23-15-4-2-3-6-17-15/h2-10H,11H2,1H3,(H,18,20,22). The number of hydrogen-bond donors (Lipinski definition) is 1. The molecule has 0 aliphatic rings. The first-order chi connectivity index (χ1) is 11.2. The van der Waals surface area contributed by atoms with E-state index in [1.54, 1.807) is 29.3 Å². The SMILES string of the molecule is Cc1cnn(CC(=O)Nc2ccnc(Sc3ccccn3)c2)c1. The molecule has 3 heterocycles. The Hall–Kier alpha value is -2.67. The molecule has 0 atom stereocenters. The van der Waals surface area contributed by atoms with E-state index in [9.17, 15) is 4.79 Å². The molecule has 3 aromatic rings. The van der Waals surface area contributed by atoms with Crippen LogP contribution in [-0.2, 0) is 11.3 Å². The van der Waals surface area contributed by atoms with Crippen LogP contribution < -0.4 is 5.32 Å². The number of pyridine rings is 2. The van der Waals surface area contributed by atoms with Crippen LogP contribution in [0.5, 0.6) is 0 Å². The van der Waals surface area contributed by atoms with Crippen molar-refractivity contribution in [3.05, 3.63) is 60.7 Å². The van der Waals surface area contributed by atoms with E-state index in [2.05, 4.69) is 20.4 Å². The molecule has 0 aromatic carbocycles. The maximum Gasteiger partial charge on any atom is 0.246 e. The predicted molar refractivity (Wildman–Crippen MR) is 88.2 cm³/mol. The third-order valence-electron chi connectivity index (χ3n) is 2.93. The van der Waals surface area contributed by atoms with Gasteiger partial charge in [-0.1, -0.05) is 17.8 Å². The van der Waals surface area contributed by atoms with E-state index in [0.29, 0.717) is 5.69 Å². The molecule has 0 fully saturated rings. The molecule has 0 saturated carbocycles. The molecule has 23 heavy (non-hydrogen) atoms. The minimum atomic E-state index is -0.131. The topological polar surface area (TPSA) is 72.7 Å². The van der Waals surface area contributed by atoms with Gasteiger partial charge in [0.15, 0.2) is 0 Å². The van der Waals surface area contributed by atoms with Crippen molar-refractivity contribution < 1.29 is 4.79 Å². The summed E-state index contributed by atoms with van der Waals surface area (Å²) in [6.45, 7) is 2.12. The first-order valence-electron chi connectivity index (χ1n) is 7.03. The predicted octanol–water partition coefficient (Wildman–Crippen LogP) is 2.77. The van der Waals surface area contributed by atoms with Gasteiger partial charge in [0.05, 0.1) is 6.20 Å². The van der Waals surface area contributed by atoms with Crippen molar-refractivity contribution in [2.24, 2.45) is 0 Å². The lowest BCUT2D eigenvalue weighted by atomic mass is 10.4. The van der Waals surface area contributed by atoms with Crippen molar-refractivity contribution in [1.29, 1.82) is 0 Å². The fraction of sp³-hybridized carbons (Fsp3) is 0.125. The number of nitrogens with one attached hydrogen (secondary N) is 1. The first-order valence-corrected chi connectivity index (χ1v) is 7.84. The van der Waals surface area contributed by atoms with Crippen LogP contribution in [0.15, 0.2) is 65.2 Å². The lowest BCUT2D eigenvalue weighted by Gasteiger charge is -2.07. The molecule has 3 aromatic heterocycles. The summed E-state index contributed by atoms with van der Waals surface area (Å²) in [7, 11) is 0. The third-order valence-corrected chi connectivity index (χ3v) is 3.82. The monoisotopic (exact) mass is 325 g/mol. The van der Waals surface area contributed by atoms with Gasteiger partial charge in [0.1, 0.15) is 16.6 Å². The van der Waals surface area contributed by atoms with Crippen LogP contribution in [0.1, 0.15) is 5.56 Å². The van der Waals surface area contributed by atoms with E-state index < -0.39 is 0 Å². The molecule has 0 unspecified atom stereocenters. The number of hydrogen-bond acceptors (Lipinski definition) is 5. The van der Waals surface area contributed by atoms with Crippen LogP contribution >= 0.6 is 11.8 Å².